The zero-order chi connectivity index (χ0) is 11.7. The maximum Gasteiger partial charge on any atom is 0.296 e. The summed E-state index contributed by atoms with van der Waals surface area (Å²) in [5, 5.41) is 9.72. The van der Waals surface area contributed by atoms with Crippen LogP contribution in [-0.4, -0.2) is 16.3 Å². The third kappa shape index (κ3) is 1.92. The fourth-order valence-corrected chi connectivity index (χ4v) is 1.90. The molecule has 1 aliphatic heterocycles. The van der Waals surface area contributed by atoms with Crippen LogP contribution in [0.15, 0.2) is 10.9 Å². The molecule has 1 aromatic rings. The van der Waals surface area contributed by atoms with Crippen LogP contribution >= 0.6 is 0 Å². The molecule has 16 heavy (non-hydrogen) atoms. The van der Waals surface area contributed by atoms with E-state index in [9.17, 15) is 9.90 Å². The number of aryl methyl sites for hydroxylation is 1. The monoisotopic (exact) mass is 223 g/mol. The van der Waals surface area contributed by atoms with Crippen molar-refractivity contribution >= 4 is 0 Å². The third-order valence-corrected chi connectivity index (χ3v) is 2.71. The molecule has 0 fully saturated rings. The number of fused-ring (bicyclic) bond motifs is 1. The van der Waals surface area contributed by atoms with E-state index in [4.69, 9.17) is 4.74 Å². The van der Waals surface area contributed by atoms with E-state index in [1.807, 2.05) is 13.8 Å². The topological polar surface area (TPSA) is 51.5 Å². The molecular weight excluding hydrogens is 206 g/mol. The lowest BCUT2D eigenvalue weighted by atomic mass is 10.2. The van der Waals surface area contributed by atoms with Crippen molar-refractivity contribution < 1.29 is 9.84 Å². The van der Waals surface area contributed by atoms with E-state index < -0.39 is 0 Å². The van der Waals surface area contributed by atoms with Gasteiger partial charge in [0.05, 0.1) is 6.61 Å². The number of aromatic nitrogens is 1. The summed E-state index contributed by atoms with van der Waals surface area (Å²) in [6.45, 7) is 5.26. The van der Waals surface area contributed by atoms with Crippen LogP contribution in [0.1, 0.15) is 26.0 Å². The molecule has 1 N–H and O–H groups in total. The first-order valence-corrected chi connectivity index (χ1v) is 5.68. The molecule has 2 rings (SSSR count). The van der Waals surface area contributed by atoms with Crippen molar-refractivity contribution in [3.63, 3.8) is 0 Å². The summed E-state index contributed by atoms with van der Waals surface area (Å²) in [4.78, 5) is 11.8. The average Bonchev–Trinajstić information content (AvgIpc) is 2.69. The number of rotatable bonds is 3. The zero-order valence-electron chi connectivity index (χ0n) is 9.69. The van der Waals surface area contributed by atoms with Gasteiger partial charge in [0.15, 0.2) is 5.75 Å². The first-order chi connectivity index (χ1) is 7.59. The third-order valence-electron chi connectivity index (χ3n) is 2.71. The van der Waals surface area contributed by atoms with Crippen LogP contribution in [0.4, 0.5) is 0 Å². The van der Waals surface area contributed by atoms with Crippen LogP contribution < -0.4 is 10.3 Å². The van der Waals surface area contributed by atoms with Crippen molar-refractivity contribution in [3.05, 3.63) is 22.1 Å². The Bertz CT molecular complexity index is 448. The van der Waals surface area contributed by atoms with Gasteiger partial charge < -0.3 is 14.4 Å². The standard InChI is InChI=1S/C12H17NO3/c1-8(2)7-16-10-6-9-4-3-5-13(9)12(15)11(10)14/h6,8,14H,3-5,7H2,1-2H3. The van der Waals surface area contributed by atoms with E-state index in [-0.39, 0.29) is 11.3 Å². The van der Waals surface area contributed by atoms with Crippen LogP contribution in [0.2, 0.25) is 0 Å². The number of nitrogens with zero attached hydrogens (tertiary/aromatic N) is 1. The second kappa shape index (κ2) is 4.20. The van der Waals surface area contributed by atoms with Crippen LogP contribution in [0.5, 0.6) is 11.5 Å². The Balaban J connectivity index is 2.33. The lowest BCUT2D eigenvalue weighted by Crippen LogP contribution is -2.20. The van der Waals surface area contributed by atoms with Crippen molar-refractivity contribution in [1.82, 2.24) is 4.57 Å². The summed E-state index contributed by atoms with van der Waals surface area (Å²) in [5.41, 5.74) is 0.635. The highest BCUT2D eigenvalue weighted by Crippen LogP contribution is 2.26. The van der Waals surface area contributed by atoms with Gasteiger partial charge in [0.1, 0.15) is 0 Å². The summed E-state index contributed by atoms with van der Waals surface area (Å²) in [7, 11) is 0. The molecular formula is C12H17NO3. The van der Waals surface area contributed by atoms with Gasteiger partial charge in [-0.15, -0.1) is 0 Å². The molecule has 4 heteroatoms. The maximum absolute atomic E-state index is 11.8. The quantitative estimate of drug-likeness (QED) is 0.845. The van der Waals surface area contributed by atoms with Crippen molar-refractivity contribution in [2.45, 2.75) is 33.2 Å². The summed E-state index contributed by atoms with van der Waals surface area (Å²) >= 11 is 0. The summed E-state index contributed by atoms with van der Waals surface area (Å²) in [6, 6.07) is 1.78. The van der Waals surface area contributed by atoms with Gasteiger partial charge in [-0.2, -0.15) is 0 Å². The van der Waals surface area contributed by atoms with E-state index >= 15 is 0 Å². The Kier molecular flexibility index (Phi) is 2.90. The van der Waals surface area contributed by atoms with Gasteiger partial charge >= 0.3 is 0 Å². The molecule has 0 spiro atoms. The fourth-order valence-electron chi connectivity index (χ4n) is 1.90. The van der Waals surface area contributed by atoms with Gasteiger partial charge in [-0.3, -0.25) is 4.79 Å². The highest BCUT2D eigenvalue weighted by Gasteiger charge is 2.18. The molecule has 88 valence electrons. The van der Waals surface area contributed by atoms with Gasteiger partial charge in [0.25, 0.3) is 5.56 Å². The minimum atomic E-state index is -0.325. The highest BCUT2D eigenvalue weighted by molar-refractivity contribution is 5.39. The van der Waals surface area contributed by atoms with Crippen LogP contribution in [-0.2, 0) is 13.0 Å². The molecule has 0 aliphatic carbocycles. The Morgan fingerprint density at radius 2 is 2.31 bits per heavy atom. The van der Waals surface area contributed by atoms with E-state index in [1.54, 1.807) is 10.6 Å². The fraction of sp³-hybridized carbons (Fsp3) is 0.583. The summed E-state index contributed by atoms with van der Waals surface area (Å²) < 4.78 is 7.06. The molecule has 4 nitrogen and oxygen atoms in total. The Morgan fingerprint density at radius 1 is 1.56 bits per heavy atom. The first-order valence-electron chi connectivity index (χ1n) is 5.68. The number of ether oxygens (including phenoxy) is 1. The molecule has 0 saturated heterocycles. The van der Waals surface area contributed by atoms with Gasteiger partial charge in [0.2, 0.25) is 5.75 Å². The smallest absolute Gasteiger partial charge is 0.296 e. The van der Waals surface area contributed by atoms with Crippen molar-refractivity contribution in [2.24, 2.45) is 5.92 Å². The maximum atomic E-state index is 11.8. The van der Waals surface area contributed by atoms with Crippen LogP contribution in [0.25, 0.3) is 0 Å². The lowest BCUT2D eigenvalue weighted by Gasteiger charge is -2.12. The van der Waals surface area contributed by atoms with E-state index in [0.29, 0.717) is 24.8 Å². The predicted octanol–water partition coefficient (Wildman–Crippen LogP) is 1.53. The zero-order valence-corrected chi connectivity index (χ0v) is 9.69. The van der Waals surface area contributed by atoms with Gasteiger partial charge in [-0.25, -0.2) is 0 Å². The molecule has 1 aliphatic rings. The predicted molar refractivity (Wildman–Crippen MR) is 61.0 cm³/mol. The van der Waals surface area contributed by atoms with E-state index in [1.165, 1.54) is 0 Å². The molecule has 0 amide bonds. The van der Waals surface area contributed by atoms with E-state index in [2.05, 4.69) is 0 Å². The Labute approximate surface area is 94.5 Å². The molecule has 0 atom stereocenters. The summed E-state index contributed by atoms with van der Waals surface area (Å²) in [6.07, 6.45) is 1.84. The normalized spacial score (nSPS) is 14.2. The molecule has 0 saturated carbocycles. The largest absolute Gasteiger partial charge is 0.500 e. The van der Waals surface area contributed by atoms with Crippen molar-refractivity contribution in [3.8, 4) is 11.5 Å². The molecule has 0 bridgehead atoms. The molecule has 0 unspecified atom stereocenters. The Hall–Kier alpha value is -1.45. The molecule has 0 aromatic carbocycles. The number of hydrogen-bond donors (Lipinski definition) is 1. The summed E-state index contributed by atoms with van der Waals surface area (Å²) in [5.74, 6) is 0.438. The lowest BCUT2D eigenvalue weighted by molar-refractivity contribution is 0.257. The minimum absolute atomic E-state index is 0.258. The van der Waals surface area contributed by atoms with Crippen LogP contribution in [0.3, 0.4) is 0 Å². The molecule has 2 heterocycles. The van der Waals surface area contributed by atoms with Crippen LogP contribution in [0, 0.1) is 5.92 Å². The number of hydrogen-bond acceptors (Lipinski definition) is 3. The second-order valence-corrected chi connectivity index (χ2v) is 4.61. The van der Waals surface area contributed by atoms with E-state index in [0.717, 1.165) is 18.5 Å². The van der Waals surface area contributed by atoms with Crippen molar-refractivity contribution in [2.75, 3.05) is 6.61 Å². The first kappa shape index (κ1) is 11.0. The number of pyridine rings is 1. The SMILES string of the molecule is CC(C)COc1cc2n(c(=O)c1O)CCC2. The van der Waals surface area contributed by atoms with Gasteiger partial charge in [-0.05, 0) is 18.8 Å². The van der Waals surface area contributed by atoms with Gasteiger partial charge in [-0.1, -0.05) is 13.8 Å². The highest BCUT2D eigenvalue weighted by atomic mass is 16.5. The Morgan fingerprint density at radius 3 is 3.00 bits per heavy atom. The minimum Gasteiger partial charge on any atom is -0.500 e. The van der Waals surface area contributed by atoms with Gasteiger partial charge in [0, 0.05) is 18.3 Å². The second-order valence-electron chi connectivity index (χ2n) is 4.61. The van der Waals surface area contributed by atoms with Crippen molar-refractivity contribution in [1.29, 1.82) is 0 Å². The molecule has 0 radical (unpaired) electrons. The average molecular weight is 223 g/mol. The molecule has 1 aromatic heterocycles. The number of aromatic hydroxyl groups is 1.